The molecule has 2 saturated heterocycles. The maximum absolute atomic E-state index is 14.3. The summed E-state index contributed by atoms with van der Waals surface area (Å²) in [5, 5.41) is 9.84. The monoisotopic (exact) mass is 685 g/mol. The molecule has 270 valence electrons. The number of methoxy groups -OCH3 is 2. The fraction of sp³-hybridized carbons (Fsp3) is 0.600. The molecule has 2 aliphatic heterocycles. The molecule has 2 atom stereocenters. The third-order valence-electron chi connectivity index (χ3n) is 11.1. The van der Waals surface area contributed by atoms with Gasteiger partial charge in [-0.15, -0.1) is 0 Å². The number of amides is 2. The van der Waals surface area contributed by atoms with Crippen molar-refractivity contribution in [3.63, 3.8) is 0 Å². The molecule has 2 aromatic rings. The topological polar surface area (TPSA) is 108 Å². The molecule has 5 rings (SSSR count). The van der Waals surface area contributed by atoms with Crippen molar-refractivity contribution in [2.45, 2.75) is 73.3 Å². The largest absolute Gasteiger partial charge is 0.496 e. The normalized spacial score (nSPS) is 20.9. The first-order valence-electron chi connectivity index (χ1n) is 18.1. The number of allylic oxidation sites excluding steroid dienone is 1. The Balaban J connectivity index is 1.30. The van der Waals surface area contributed by atoms with Gasteiger partial charge in [-0.05, 0) is 54.4 Å². The maximum atomic E-state index is 14.3. The summed E-state index contributed by atoms with van der Waals surface area (Å²) in [6, 6.07) is 6.16. The van der Waals surface area contributed by atoms with Crippen molar-refractivity contribution in [3.05, 3.63) is 57.0 Å². The Kier molecular flexibility index (Phi) is 11.5. The molecule has 0 N–H and O–H groups in total. The predicted octanol–water partition coefficient (Wildman–Crippen LogP) is 5.48. The highest BCUT2D eigenvalue weighted by molar-refractivity contribution is 5.98. The third kappa shape index (κ3) is 7.94. The number of piperazine rings is 1. The second-order valence-corrected chi connectivity index (χ2v) is 15.6. The average Bonchev–Trinajstić information content (AvgIpc) is 3.56. The van der Waals surface area contributed by atoms with Gasteiger partial charge in [0.2, 0.25) is 5.91 Å². The number of pyridine rings is 1. The molecule has 10 heteroatoms. The van der Waals surface area contributed by atoms with Crippen LogP contribution in [-0.2, 0) is 23.2 Å². The number of aryl methyl sites for hydroxylation is 1. The lowest BCUT2D eigenvalue weighted by Crippen LogP contribution is -2.51. The molecule has 2 amide bonds. The minimum Gasteiger partial charge on any atom is -0.496 e. The number of carbonyl (C=O) groups excluding carboxylic acids is 2. The Morgan fingerprint density at radius 3 is 2.12 bits per heavy atom. The summed E-state index contributed by atoms with van der Waals surface area (Å²) >= 11 is 0. The number of ether oxygens (including phenoxy) is 2. The van der Waals surface area contributed by atoms with Gasteiger partial charge >= 0.3 is 0 Å². The molecular formula is C40H55N5O5. The smallest absolute Gasteiger partial charge is 0.264 e. The van der Waals surface area contributed by atoms with Crippen molar-refractivity contribution in [3.8, 4) is 28.7 Å². The van der Waals surface area contributed by atoms with Crippen molar-refractivity contribution in [1.82, 2.24) is 19.3 Å². The average molecular weight is 686 g/mol. The van der Waals surface area contributed by atoms with E-state index < -0.39 is 0 Å². The highest BCUT2D eigenvalue weighted by Crippen LogP contribution is 2.41. The van der Waals surface area contributed by atoms with E-state index >= 15 is 0 Å². The molecule has 0 radical (unpaired) electrons. The zero-order chi connectivity index (χ0) is 36.3. The number of nitrogens with zero attached hydrogens (tertiary/aromatic N) is 5. The lowest BCUT2D eigenvalue weighted by atomic mass is 9.75. The van der Waals surface area contributed by atoms with Gasteiger partial charge in [0.05, 0.1) is 25.7 Å². The standard InChI is InChI=1S/C40H55N5O5/c1-26-27(2)37(46)42(6)22-31(26)29-18-35(49-7)34(36(19-29)50-8)23-43-14-16-44(17-15-43)39(48)33-25-45(24-32(33)28-12-10-9-11-13-28)38(47)30(21-41)20-40(3,4)5/h18-20,22,28,32-33H,9-17,23-25H2,1-8H3/b30-20+/t32-,33+/m0/s1. The van der Waals surface area contributed by atoms with Crippen LogP contribution in [0.4, 0.5) is 0 Å². The van der Waals surface area contributed by atoms with Crippen LogP contribution in [0.2, 0.25) is 0 Å². The van der Waals surface area contributed by atoms with Gasteiger partial charge in [0.1, 0.15) is 23.1 Å². The van der Waals surface area contributed by atoms with E-state index in [1.807, 2.05) is 57.8 Å². The van der Waals surface area contributed by atoms with Crippen LogP contribution in [0.5, 0.6) is 11.5 Å². The molecule has 50 heavy (non-hydrogen) atoms. The second kappa shape index (κ2) is 15.4. The molecule has 1 aromatic carbocycles. The van der Waals surface area contributed by atoms with E-state index in [2.05, 4.69) is 11.0 Å². The third-order valence-corrected chi connectivity index (χ3v) is 11.1. The predicted molar refractivity (Wildman–Crippen MR) is 195 cm³/mol. The SMILES string of the molecule is COc1cc(-c2cn(C)c(=O)c(C)c2C)cc(OC)c1CN1CCN(C(=O)[C@@H]2CN(C(=O)/C(C#N)=C/C(C)(C)C)C[C@H]2C2CCCCC2)CC1. The van der Waals surface area contributed by atoms with Gasteiger partial charge in [-0.3, -0.25) is 19.3 Å². The van der Waals surface area contributed by atoms with Gasteiger partial charge in [-0.1, -0.05) is 59.0 Å². The van der Waals surface area contributed by atoms with E-state index in [4.69, 9.17) is 9.47 Å². The van der Waals surface area contributed by atoms with Crippen LogP contribution in [0.15, 0.2) is 34.8 Å². The van der Waals surface area contributed by atoms with Gasteiger partial charge in [-0.2, -0.15) is 5.26 Å². The van der Waals surface area contributed by atoms with Crippen LogP contribution in [0.25, 0.3) is 11.1 Å². The fourth-order valence-electron chi connectivity index (χ4n) is 8.19. The number of hydrogen-bond donors (Lipinski definition) is 0. The molecule has 3 heterocycles. The van der Waals surface area contributed by atoms with E-state index in [-0.39, 0.29) is 40.2 Å². The zero-order valence-electron chi connectivity index (χ0n) is 31.3. The molecule has 0 spiro atoms. The van der Waals surface area contributed by atoms with Crippen molar-refractivity contribution >= 4 is 11.8 Å². The Bertz CT molecular complexity index is 1690. The summed E-state index contributed by atoms with van der Waals surface area (Å²) < 4.78 is 13.4. The van der Waals surface area contributed by atoms with Crippen molar-refractivity contribution in [2.24, 2.45) is 30.2 Å². The Labute approximate surface area is 297 Å². The van der Waals surface area contributed by atoms with Crippen LogP contribution in [-0.4, -0.2) is 84.6 Å². The minimum absolute atomic E-state index is 0.0101. The van der Waals surface area contributed by atoms with Gasteiger partial charge in [0.15, 0.2) is 0 Å². The van der Waals surface area contributed by atoms with Gasteiger partial charge < -0.3 is 23.8 Å². The molecule has 3 fully saturated rings. The van der Waals surface area contributed by atoms with Crippen LogP contribution >= 0.6 is 0 Å². The lowest BCUT2D eigenvalue weighted by Gasteiger charge is -2.38. The van der Waals surface area contributed by atoms with E-state index in [0.29, 0.717) is 68.8 Å². The quantitative estimate of drug-likeness (QED) is 0.268. The van der Waals surface area contributed by atoms with Crippen LogP contribution in [0.1, 0.15) is 69.6 Å². The second-order valence-electron chi connectivity index (χ2n) is 15.6. The maximum Gasteiger partial charge on any atom is 0.264 e. The molecule has 1 saturated carbocycles. The summed E-state index contributed by atoms with van der Waals surface area (Å²) in [4.78, 5) is 46.4. The number of aromatic nitrogens is 1. The Hall–Kier alpha value is -4.10. The Morgan fingerprint density at radius 2 is 1.56 bits per heavy atom. The highest BCUT2D eigenvalue weighted by atomic mass is 16.5. The first-order valence-corrected chi connectivity index (χ1v) is 18.1. The van der Waals surface area contributed by atoms with Crippen molar-refractivity contribution < 1.29 is 19.1 Å². The Morgan fingerprint density at radius 1 is 0.940 bits per heavy atom. The number of hydrogen-bond acceptors (Lipinski definition) is 7. The van der Waals surface area contributed by atoms with Crippen LogP contribution in [0.3, 0.4) is 0 Å². The van der Waals surface area contributed by atoms with Crippen molar-refractivity contribution in [1.29, 1.82) is 5.26 Å². The van der Waals surface area contributed by atoms with E-state index in [0.717, 1.165) is 35.1 Å². The summed E-state index contributed by atoms with van der Waals surface area (Å²) in [6.07, 6.45) is 9.36. The van der Waals surface area contributed by atoms with E-state index in [1.54, 1.807) is 36.8 Å². The van der Waals surface area contributed by atoms with Crippen LogP contribution in [0, 0.1) is 48.3 Å². The van der Waals surface area contributed by atoms with E-state index in [9.17, 15) is 19.6 Å². The molecule has 1 aliphatic carbocycles. The number of nitriles is 1. The zero-order valence-corrected chi connectivity index (χ0v) is 31.3. The molecule has 1 aromatic heterocycles. The van der Waals surface area contributed by atoms with Gasteiger partial charge in [-0.25, -0.2) is 0 Å². The minimum atomic E-state index is -0.296. The van der Waals surface area contributed by atoms with E-state index in [1.165, 1.54) is 19.3 Å². The summed E-state index contributed by atoms with van der Waals surface area (Å²) in [6.45, 7) is 13.9. The number of rotatable bonds is 8. The molecule has 0 bridgehead atoms. The number of likely N-dealkylation sites (tertiary alicyclic amines) is 1. The van der Waals surface area contributed by atoms with Gasteiger partial charge in [0.25, 0.3) is 11.5 Å². The first kappa shape index (κ1) is 37.2. The molecular weight excluding hydrogens is 630 g/mol. The van der Waals surface area contributed by atoms with Gasteiger partial charge in [0, 0.05) is 70.2 Å². The summed E-state index contributed by atoms with van der Waals surface area (Å²) in [5.41, 5.74) is 4.31. The molecule has 3 aliphatic rings. The summed E-state index contributed by atoms with van der Waals surface area (Å²) in [7, 11) is 5.09. The number of benzene rings is 1. The fourth-order valence-corrected chi connectivity index (χ4v) is 8.19. The number of carbonyl (C=O) groups is 2. The summed E-state index contributed by atoms with van der Waals surface area (Å²) in [5.74, 6) is 1.60. The lowest BCUT2D eigenvalue weighted by molar-refractivity contribution is -0.139. The molecule has 0 unspecified atom stereocenters. The highest BCUT2D eigenvalue weighted by Gasteiger charge is 2.45. The molecule has 10 nitrogen and oxygen atoms in total. The van der Waals surface area contributed by atoms with Crippen LogP contribution < -0.4 is 15.0 Å². The van der Waals surface area contributed by atoms with Crippen molar-refractivity contribution in [2.75, 3.05) is 53.5 Å². The first-order chi connectivity index (χ1) is 23.8.